The van der Waals surface area contributed by atoms with E-state index in [1.54, 1.807) is 4.68 Å². The molecule has 0 spiro atoms. The third-order valence-electron chi connectivity index (χ3n) is 3.90. The van der Waals surface area contributed by atoms with Gasteiger partial charge >= 0.3 is 6.18 Å². The predicted molar refractivity (Wildman–Crippen MR) is 89.1 cm³/mol. The normalized spacial score (nSPS) is 13.8. The number of halogens is 4. The first-order valence-corrected chi connectivity index (χ1v) is 8.42. The molecule has 0 unspecified atom stereocenters. The van der Waals surface area contributed by atoms with Crippen molar-refractivity contribution < 1.29 is 13.2 Å². The molecule has 4 rings (SSSR count). The Morgan fingerprint density at radius 1 is 1.12 bits per heavy atom. The molecule has 24 heavy (non-hydrogen) atoms. The fraction of sp³-hybridized carbons (Fsp3) is 0.188. The lowest BCUT2D eigenvalue weighted by Gasteiger charge is -2.09. The summed E-state index contributed by atoms with van der Waals surface area (Å²) in [6, 6.07) is 8.72. The Morgan fingerprint density at radius 2 is 1.88 bits per heavy atom. The number of hydrogen-bond acceptors (Lipinski definition) is 3. The topological polar surface area (TPSA) is 29.9 Å². The summed E-state index contributed by atoms with van der Waals surface area (Å²) in [7, 11) is 0. The maximum Gasteiger partial charge on any atom is 0.416 e. The highest BCUT2D eigenvalue weighted by atomic mass is 35.5. The van der Waals surface area contributed by atoms with Crippen LogP contribution in [0.5, 0.6) is 0 Å². The molecule has 1 aliphatic heterocycles. The van der Waals surface area contributed by atoms with E-state index < -0.39 is 11.7 Å². The molecule has 8 heteroatoms. The monoisotopic (exact) mass is 369 g/mol. The van der Waals surface area contributed by atoms with Crippen LogP contribution in [0.1, 0.15) is 11.1 Å². The number of nitrogens with one attached hydrogen (secondary N) is 1. The summed E-state index contributed by atoms with van der Waals surface area (Å²) in [4.78, 5) is 0.950. The van der Waals surface area contributed by atoms with E-state index in [0.29, 0.717) is 10.0 Å². The Hall–Kier alpha value is -1.99. The average Bonchev–Trinajstić information content (AvgIpc) is 3.22. The Morgan fingerprint density at radius 3 is 2.50 bits per heavy atom. The zero-order valence-corrected chi connectivity index (χ0v) is 13.8. The number of hydrogen-bond donors (Lipinski definition) is 1. The lowest BCUT2D eigenvalue weighted by Crippen LogP contribution is -2.07. The van der Waals surface area contributed by atoms with Gasteiger partial charge in [-0.15, -0.1) is 11.3 Å². The van der Waals surface area contributed by atoms with Crippen molar-refractivity contribution in [3.63, 3.8) is 0 Å². The van der Waals surface area contributed by atoms with Gasteiger partial charge in [-0.3, -0.25) is 0 Å². The lowest BCUT2D eigenvalue weighted by atomic mass is 10.2. The van der Waals surface area contributed by atoms with Crippen LogP contribution in [0, 0.1) is 0 Å². The number of aromatic nitrogens is 2. The summed E-state index contributed by atoms with van der Waals surface area (Å²) >= 11 is 7.44. The Kier molecular flexibility index (Phi) is 3.58. The molecule has 0 atom stereocenters. The van der Waals surface area contributed by atoms with Gasteiger partial charge in [-0.2, -0.15) is 18.3 Å². The maximum atomic E-state index is 12.7. The third kappa shape index (κ3) is 2.57. The molecule has 0 saturated heterocycles. The fourth-order valence-corrected chi connectivity index (χ4v) is 3.85. The molecule has 0 amide bonds. The molecule has 124 valence electrons. The van der Waals surface area contributed by atoms with E-state index in [9.17, 15) is 13.2 Å². The van der Waals surface area contributed by atoms with Crippen molar-refractivity contribution in [2.45, 2.75) is 12.6 Å². The molecule has 3 aromatic rings. The van der Waals surface area contributed by atoms with Gasteiger partial charge in [-0.1, -0.05) is 11.6 Å². The van der Waals surface area contributed by atoms with Crippen molar-refractivity contribution >= 4 is 28.8 Å². The molecule has 0 fully saturated rings. The second kappa shape index (κ2) is 5.53. The van der Waals surface area contributed by atoms with Crippen molar-refractivity contribution in [2.75, 3.05) is 11.9 Å². The molecule has 1 aromatic carbocycles. The second-order valence-electron chi connectivity index (χ2n) is 5.41. The van der Waals surface area contributed by atoms with Crippen molar-refractivity contribution in [1.82, 2.24) is 9.78 Å². The van der Waals surface area contributed by atoms with Crippen molar-refractivity contribution in [2.24, 2.45) is 0 Å². The smallest absolute Gasteiger partial charge is 0.369 e. The summed E-state index contributed by atoms with van der Waals surface area (Å²) in [6.45, 7) is 0.778. The van der Waals surface area contributed by atoms with Gasteiger partial charge in [0.1, 0.15) is 11.5 Å². The number of anilines is 1. The Bertz CT molecular complexity index is 896. The zero-order valence-electron chi connectivity index (χ0n) is 12.2. The van der Waals surface area contributed by atoms with Crippen LogP contribution in [-0.4, -0.2) is 16.3 Å². The van der Waals surface area contributed by atoms with Crippen LogP contribution in [-0.2, 0) is 12.6 Å². The third-order valence-corrected chi connectivity index (χ3v) is 5.13. The van der Waals surface area contributed by atoms with Gasteiger partial charge in [0.25, 0.3) is 0 Å². The summed E-state index contributed by atoms with van der Waals surface area (Å²) in [5.41, 5.74) is 1.80. The molecule has 1 aliphatic rings. The fourth-order valence-electron chi connectivity index (χ4n) is 2.79. The number of fused-ring (bicyclic) bond motifs is 1. The Labute approximate surface area is 144 Å². The van der Waals surface area contributed by atoms with Crippen LogP contribution < -0.4 is 5.32 Å². The summed E-state index contributed by atoms with van der Waals surface area (Å²) < 4.78 is 40.5. The van der Waals surface area contributed by atoms with Crippen molar-refractivity contribution in [3.05, 3.63) is 51.9 Å². The summed E-state index contributed by atoms with van der Waals surface area (Å²) in [6.07, 6.45) is -3.53. The first-order valence-electron chi connectivity index (χ1n) is 7.22. The molecule has 0 bridgehead atoms. The van der Waals surface area contributed by atoms with Gasteiger partial charge in [-0.25, -0.2) is 4.68 Å². The van der Waals surface area contributed by atoms with Crippen LogP contribution in [0.25, 0.3) is 16.3 Å². The van der Waals surface area contributed by atoms with E-state index in [1.165, 1.54) is 23.5 Å². The van der Waals surface area contributed by atoms with Crippen LogP contribution >= 0.6 is 22.9 Å². The van der Waals surface area contributed by atoms with Crippen LogP contribution in [0.4, 0.5) is 19.0 Å². The Balaban J connectivity index is 1.79. The largest absolute Gasteiger partial charge is 0.416 e. The molecule has 3 heterocycles. The summed E-state index contributed by atoms with van der Waals surface area (Å²) in [5.74, 6) is 0.828. The van der Waals surface area contributed by atoms with Gasteiger partial charge in [0.05, 0.1) is 20.5 Å². The number of rotatable bonds is 2. The quantitative estimate of drug-likeness (QED) is 0.669. The number of thiophene rings is 1. The molecular weight excluding hydrogens is 359 g/mol. The minimum Gasteiger partial charge on any atom is -0.369 e. The van der Waals surface area contributed by atoms with Gasteiger partial charge in [0, 0.05) is 12.1 Å². The van der Waals surface area contributed by atoms with Crippen LogP contribution in [0.2, 0.25) is 4.34 Å². The van der Waals surface area contributed by atoms with E-state index in [0.717, 1.165) is 47.1 Å². The van der Waals surface area contributed by atoms with E-state index in [4.69, 9.17) is 11.6 Å². The maximum absolute atomic E-state index is 12.7. The first-order chi connectivity index (χ1) is 11.4. The number of alkyl halides is 3. The van der Waals surface area contributed by atoms with Gasteiger partial charge in [0.15, 0.2) is 0 Å². The summed E-state index contributed by atoms with van der Waals surface area (Å²) in [5, 5.41) is 7.86. The molecule has 0 aliphatic carbocycles. The highest BCUT2D eigenvalue weighted by Crippen LogP contribution is 2.39. The molecule has 0 saturated carbocycles. The van der Waals surface area contributed by atoms with E-state index in [-0.39, 0.29) is 0 Å². The number of benzene rings is 1. The molecule has 1 N–H and O–H groups in total. The standard InChI is InChI=1S/C16H11ClF3N3S/c17-13-6-5-12(24-13)14-11-7-8-21-15(11)23(22-14)10-3-1-9(2-4-10)16(18,19)20/h1-6,21H,7-8H2. The zero-order chi connectivity index (χ0) is 16.9. The SMILES string of the molecule is FC(F)(F)c1ccc(-n2nc(-c3ccc(Cl)s3)c3c2NCC3)cc1. The highest BCUT2D eigenvalue weighted by Gasteiger charge is 2.30. The first kappa shape index (κ1) is 15.5. The van der Waals surface area contributed by atoms with Gasteiger partial charge in [0.2, 0.25) is 0 Å². The molecule has 0 radical (unpaired) electrons. The van der Waals surface area contributed by atoms with Crippen molar-refractivity contribution in [3.8, 4) is 16.3 Å². The van der Waals surface area contributed by atoms with Gasteiger partial charge < -0.3 is 5.32 Å². The number of nitrogens with zero attached hydrogens (tertiary/aromatic N) is 2. The second-order valence-corrected chi connectivity index (χ2v) is 7.13. The average molecular weight is 370 g/mol. The lowest BCUT2D eigenvalue weighted by molar-refractivity contribution is -0.137. The van der Waals surface area contributed by atoms with E-state index in [1.807, 2.05) is 12.1 Å². The minimum atomic E-state index is -4.35. The van der Waals surface area contributed by atoms with E-state index >= 15 is 0 Å². The molecule has 2 aromatic heterocycles. The van der Waals surface area contributed by atoms with E-state index in [2.05, 4.69) is 10.4 Å². The highest BCUT2D eigenvalue weighted by molar-refractivity contribution is 7.19. The predicted octanol–water partition coefficient (Wildman–Crippen LogP) is 5.24. The van der Waals surface area contributed by atoms with Gasteiger partial charge in [-0.05, 0) is 42.8 Å². The van der Waals surface area contributed by atoms with Crippen LogP contribution in [0.15, 0.2) is 36.4 Å². The molecule has 3 nitrogen and oxygen atoms in total. The minimum absolute atomic E-state index is 0.586. The van der Waals surface area contributed by atoms with Crippen LogP contribution in [0.3, 0.4) is 0 Å². The molecular formula is C16H11ClF3N3S. The van der Waals surface area contributed by atoms with Crippen molar-refractivity contribution in [1.29, 1.82) is 0 Å².